The Labute approximate surface area is 114 Å². The summed E-state index contributed by atoms with van der Waals surface area (Å²) in [5.74, 6) is 0. The van der Waals surface area contributed by atoms with Gasteiger partial charge in [0.1, 0.15) is 5.69 Å². The standard InChI is InChI=1S/C14H21N3O2/c1-2-8-15-9-5-10-16(12-11-15)13-6-3-4-7-14(13)17(18)19/h3-4,6-7H,2,5,8-12H2,1H3. The van der Waals surface area contributed by atoms with E-state index in [1.165, 1.54) is 0 Å². The summed E-state index contributed by atoms with van der Waals surface area (Å²) >= 11 is 0. The smallest absolute Gasteiger partial charge is 0.292 e. The number of hydrogen-bond donors (Lipinski definition) is 0. The molecule has 1 heterocycles. The molecule has 19 heavy (non-hydrogen) atoms. The Morgan fingerprint density at radius 3 is 2.74 bits per heavy atom. The number of hydrogen-bond acceptors (Lipinski definition) is 4. The predicted molar refractivity (Wildman–Crippen MR) is 76.7 cm³/mol. The zero-order valence-corrected chi connectivity index (χ0v) is 11.4. The van der Waals surface area contributed by atoms with E-state index in [4.69, 9.17) is 0 Å². The van der Waals surface area contributed by atoms with E-state index in [2.05, 4.69) is 16.7 Å². The predicted octanol–water partition coefficient (Wildman–Crippen LogP) is 2.52. The van der Waals surface area contributed by atoms with Crippen LogP contribution in [0.2, 0.25) is 0 Å². The molecule has 1 aliphatic heterocycles. The third-order valence-electron chi connectivity index (χ3n) is 3.55. The Morgan fingerprint density at radius 2 is 2.00 bits per heavy atom. The average molecular weight is 263 g/mol. The van der Waals surface area contributed by atoms with Crippen LogP contribution in [-0.4, -0.2) is 42.5 Å². The van der Waals surface area contributed by atoms with Crippen molar-refractivity contribution in [2.75, 3.05) is 37.6 Å². The normalized spacial score (nSPS) is 17.2. The van der Waals surface area contributed by atoms with Crippen molar-refractivity contribution in [2.45, 2.75) is 19.8 Å². The number of rotatable bonds is 4. The zero-order chi connectivity index (χ0) is 13.7. The van der Waals surface area contributed by atoms with Crippen molar-refractivity contribution in [3.8, 4) is 0 Å². The highest BCUT2D eigenvalue weighted by atomic mass is 16.6. The topological polar surface area (TPSA) is 49.6 Å². The Balaban J connectivity index is 2.12. The van der Waals surface area contributed by atoms with Crippen LogP contribution in [0.25, 0.3) is 0 Å². The fraction of sp³-hybridized carbons (Fsp3) is 0.571. The second-order valence-corrected chi connectivity index (χ2v) is 4.93. The lowest BCUT2D eigenvalue weighted by Gasteiger charge is -2.23. The van der Waals surface area contributed by atoms with Crippen LogP contribution in [-0.2, 0) is 0 Å². The highest BCUT2D eigenvalue weighted by molar-refractivity contribution is 5.63. The van der Waals surface area contributed by atoms with Gasteiger partial charge in [-0.1, -0.05) is 19.1 Å². The van der Waals surface area contributed by atoms with Gasteiger partial charge in [-0.15, -0.1) is 0 Å². The van der Waals surface area contributed by atoms with E-state index in [-0.39, 0.29) is 10.6 Å². The van der Waals surface area contributed by atoms with E-state index in [1.54, 1.807) is 12.1 Å². The van der Waals surface area contributed by atoms with Crippen molar-refractivity contribution in [3.05, 3.63) is 34.4 Å². The number of para-hydroxylation sites is 2. The van der Waals surface area contributed by atoms with Crippen molar-refractivity contribution in [1.82, 2.24) is 4.90 Å². The largest absolute Gasteiger partial charge is 0.365 e. The lowest BCUT2D eigenvalue weighted by Crippen LogP contribution is -2.31. The van der Waals surface area contributed by atoms with Gasteiger partial charge >= 0.3 is 0 Å². The Hall–Kier alpha value is -1.62. The molecule has 5 nitrogen and oxygen atoms in total. The van der Waals surface area contributed by atoms with Gasteiger partial charge in [0.25, 0.3) is 5.69 Å². The van der Waals surface area contributed by atoms with Gasteiger partial charge in [0.15, 0.2) is 0 Å². The van der Waals surface area contributed by atoms with E-state index < -0.39 is 0 Å². The van der Waals surface area contributed by atoms with Crippen LogP contribution in [0.1, 0.15) is 19.8 Å². The molecule has 0 spiro atoms. The first-order valence-electron chi connectivity index (χ1n) is 6.93. The van der Waals surface area contributed by atoms with Crippen molar-refractivity contribution in [1.29, 1.82) is 0 Å². The first-order chi connectivity index (χ1) is 9.22. The minimum atomic E-state index is -0.288. The van der Waals surface area contributed by atoms with Gasteiger partial charge in [-0.2, -0.15) is 0 Å². The molecule has 1 saturated heterocycles. The number of nitro benzene ring substituents is 1. The van der Waals surface area contributed by atoms with Crippen LogP contribution in [0.3, 0.4) is 0 Å². The van der Waals surface area contributed by atoms with E-state index in [0.29, 0.717) is 0 Å². The Bertz CT molecular complexity index is 436. The molecule has 0 N–H and O–H groups in total. The second kappa shape index (κ2) is 6.52. The van der Waals surface area contributed by atoms with Gasteiger partial charge < -0.3 is 9.80 Å². The second-order valence-electron chi connectivity index (χ2n) is 4.93. The molecule has 0 radical (unpaired) electrons. The summed E-state index contributed by atoms with van der Waals surface area (Å²) in [4.78, 5) is 15.4. The van der Waals surface area contributed by atoms with Gasteiger partial charge in [-0.05, 0) is 32.0 Å². The van der Waals surface area contributed by atoms with E-state index in [1.807, 2.05) is 12.1 Å². The molecule has 0 bridgehead atoms. The first-order valence-corrected chi connectivity index (χ1v) is 6.93. The summed E-state index contributed by atoms with van der Waals surface area (Å²) in [6.07, 6.45) is 2.22. The van der Waals surface area contributed by atoms with Gasteiger partial charge in [-0.25, -0.2) is 0 Å². The van der Waals surface area contributed by atoms with Crippen molar-refractivity contribution in [3.63, 3.8) is 0 Å². The number of nitrogens with zero attached hydrogens (tertiary/aromatic N) is 3. The van der Waals surface area contributed by atoms with E-state index >= 15 is 0 Å². The van der Waals surface area contributed by atoms with Gasteiger partial charge in [-0.3, -0.25) is 10.1 Å². The molecule has 2 rings (SSSR count). The molecular weight excluding hydrogens is 242 g/mol. The summed E-state index contributed by atoms with van der Waals surface area (Å²) < 4.78 is 0. The van der Waals surface area contributed by atoms with Crippen LogP contribution in [0, 0.1) is 10.1 Å². The van der Waals surface area contributed by atoms with Crippen LogP contribution in [0.4, 0.5) is 11.4 Å². The van der Waals surface area contributed by atoms with E-state index in [9.17, 15) is 10.1 Å². The molecule has 1 aliphatic rings. The Morgan fingerprint density at radius 1 is 1.21 bits per heavy atom. The fourth-order valence-electron chi connectivity index (χ4n) is 2.64. The molecule has 0 unspecified atom stereocenters. The Kier molecular flexibility index (Phi) is 4.74. The molecule has 1 fully saturated rings. The minimum Gasteiger partial charge on any atom is -0.365 e. The van der Waals surface area contributed by atoms with Gasteiger partial charge in [0.2, 0.25) is 0 Å². The summed E-state index contributed by atoms with van der Waals surface area (Å²) in [7, 11) is 0. The monoisotopic (exact) mass is 263 g/mol. The summed E-state index contributed by atoms with van der Waals surface area (Å²) in [5, 5.41) is 11.1. The van der Waals surface area contributed by atoms with Gasteiger partial charge in [0.05, 0.1) is 4.92 Å². The van der Waals surface area contributed by atoms with Gasteiger partial charge in [0, 0.05) is 25.7 Å². The summed E-state index contributed by atoms with van der Waals surface area (Å²) in [6.45, 7) is 7.14. The lowest BCUT2D eigenvalue weighted by molar-refractivity contribution is -0.384. The lowest BCUT2D eigenvalue weighted by atomic mass is 10.2. The molecule has 0 aliphatic carbocycles. The fourth-order valence-corrected chi connectivity index (χ4v) is 2.64. The number of nitro groups is 1. The van der Waals surface area contributed by atoms with Crippen LogP contribution in [0.5, 0.6) is 0 Å². The van der Waals surface area contributed by atoms with E-state index in [0.717, 1.165) is 51.3 Å². The highest BCUT2D eigenvalue weighted by Crippen LogP contribution is 2.28. The molecule has 5 heteroatoms. The quantitative estimate of drug-likeness (QED) is 0.618. The molecule has 0 saturated carbocycles. The number of anilines is 1. The molecule has 0 amide bonds. The third-order valence-corrected chi connectivity index (χ3v) is 3.55. The molecule has 104 valence electrons. The number of benzene rings is 1. The third kappa shape index (κ3) is 3.44. The van der Waals surface area contributed by atoms with Crippen molar-refractivity contribution >= 4 is 11.4 Å². The molecule has 1 aromatic rings. The highest BCUT2D eigenvalue weighted by Gasteiger charge is 2.21. The van der Waals surface area contributed by atoms with Crippen molar-refractivity contribution < 1.29 is 4.92 Å². The summed E-state index contributed by atoms with van der Waals surface area (Å²) in [6, 6.07) is 7.04. The van der Waals surface area contributed by atoms with Crippen molar-refractivity contribution in [2.24, 2.45) is 0 Å². The molecule has 0 aromatic heterocycles. The minimum absolute atomic E-state index is 0.214. The average Bonchev–Trinajstić information content (AvgIpc) is 2.65. The summed E-state index contributed by atoms with van der Waals surface area (Å²) in [5.41, 5.74) is 0.970. The molecule has 1 aromatic carbocycles. The molecule has 0 atom stereocenters. The van der Waals surface area contributed by atoms with Crippen LogP contribution >= 0.6 is 0 Å². The maximum absolute atomic E-state index is 11.1. The SMILES string of the molecule is CCCN1CCCN(c2ccccc2[N+](=O)[O-])CC1. The molecular formula is C14H21N3O2. The zero-order valence-electron chi connectivity index (χ0n) is 11.4. The maximum Gasteiger partial charge on any atom is 0.292 e. The van der Waals surface area contributed by atoms with Crippen LogP contribution in [0.15, 0.2) is 24.3 Å². The van der Waals surface area contributed by atoms with Crippen LogP contribution < -0.4 is 4.90 Å². The first kappa shape index (κ1) is 13.8. The maximum atomic E-state index is 11.1.